The van der Waals surface area contributed by atoms with E-state index in [0.717, 1.165) is 26.7 Å². The zero-order valence-corrected chi connectivity index (χ0v) is 14.0. The van der Waals surface area contributed by atoms with E-state index in [1.54, 1.807) is 0 Å². The van der Waals surface area contributed by atoms with E-state index < -0.39 is 0 Å². The normalized spacial score (nSPS) is 12.4. The van der Waals surface area contributed by atoms with Gasteiger partial charge in [0, 0.05) is 10.8 Å². The lowest BCUT2D eigenvalue weighted by atomic mass is 10.1. The van der Waals surface area contributed by atoms with E-state index in [2.05, 4.69) is 16.4 Å². The summed E-state index contributed by atoms with van der Waals surface area (Å²) in [7, 11) is 0. The second-order valence-electron chi connectivity index (χ2n) is 5.79. The predicted molar refractivity (Wildman–Crippen MR) is 99.4 cm³/mol. The van der Waals surface area contributed by atoms with Crippen molar-refractivity contribution in [1.82, 2.24) is 10.3 Å². The number of amides is 1. The van der Waals surface area contributed by atoms with E-state index in [9.17, 15) is 4.79 Å². The maximum absolute atomic E-state index is 12.6. The van der Waals surface area contributed by atoms with Crippen molar-refractivity contribution in [3.63, 3.8) is 0 Å². The van der Waals surface area contributed by atoms with Crippen LogP contribution in [0.4, 0.5) is 0 Å². The fourth-order valence-electron chi connectivity index (χ4n) is 2.78. The van der Waals surface area contributed by atoms with Crippen molar-refractivity contribution in [1.29, 1.82) is 0 Å². The lowest BCUT2D eigenvalue weighted by Crippen LogP contribution is -2.25. The van der Waals surface area contributed by atoms with Gasteiger partial charge >= 0.3 is 0 Å². The number of carbonyl (C=O) groups excluding carboxylic acids is 1. The fourth-order valence-corrected chi connectivity index (χ4v) is 3.70. The van der Waals surface area contributed by atoms with E-state index >= 15 is 0 Å². The lowest BCUT2D eigenvalue weighted by Gasteiger charge is -2.13. The van der Waals surface area contributed by atoms with E-state index in [1.165, 1.54) is 11.3 Å². The summed E-state index contributed by atoms with van der Waals surface area (Å²) >= 11 is 1.43. The maximum Gasteiger partial charge on any atom is 0.261 e. The Hall–Kier alpha value is -2.72. The minimum Gasteiger partial charge on any atom is -0.345 e. The summed E-state index contributed by atoms with van der Waals surface area (Å²) in [6.45, 7) is 1.99. The summed E-state index contributed by atoms with van der Waals surface area (Å²) < 4.78 is 0. The number of rotatable bonds is 3. The van der Waals surface area contributed by atoms with Crippen molar-refractivity contribution in [3.05, 3.63) is 77.2 Å². The van der Waals surface area contributed by atoms with Gasteiger partial charge in [0.2, 0.25) is 0 Å². The summed E-state index contributed by atoms with van der Waals surface area (Å²) in [6.07, 6.45) is 0. The number of nitrogens with zero attached hydrogens (tertiary/aromatic N) is 1. The lowest BCUT2D eigenvalue weighted by molar-refractivity contribution is 0.0944. The van der Waals surface area contributed by atoms with E-state index in [0.29, 0.717) is 4.88 Å². The molecule has 1 N–H and O–H groups in total. The number of benzene rings is 2. The summed E-state index contributed by atoms with van der Waals surface area (Å²) in [5.41, 5.74) is 2.05. The Labute approximate surface area is 144 Å². The van der Waals surface area contributed by atoms with Crippen LogP contribution in [0, 0.1) is 0 Å². The van der Waals surface area contributed by atoms with Gasteiger partial charge in [-0.3, -0.25) is 4.79 Å². The molecule has 0 saturated carbocycles. The van der Waals surface area contributed by atoms with Gasteiger partial charge in [0.1, 0.15) is 4.83 Å². The van der Waals surface area contributed by atoms with Gasteiger partial charge < -0.3 is 5.32 Å². The van der Waals surface area contributed by atoms with Crippen molar-refractivity contribution in [2.75, 3.05) is 0 Å². The molecule has 4 aromatic rings. The first-order valence-corrected chi connectivity index (χ1v) is 8.67. The van der Waals surface area contributed by atoms with E-state index in [1.807, 2.05) is 67.6 Å². The van der Waals surface area contributed by atoms with Crippen molar-refractivity contribution in [2.45, 2.75) is 13.0 Å². The number of carbonyl (C=O) groups is 1. The molecule has 3 nitrogen and oxygen atoms in total. The molecular weight excluding hydrogens is 316 g/mol. The second kappa shape index (κ2) is 6.06. The molecule has 24 heavy (non-hydrogen) atoms. The fraction of sp³-hybridized carbons (Fsp3) is 0.100. The molecule has 2 heterocycles. The van der Waals surface area contributed by atoms with Crippen LogP contribution >= 0.6 is 11.3 Å². The van der Waals surface area contributed by atoms with E-state index in [4.69, 9.17) is 0 Å². The Kier molecular flexibility index (Phi) is 3.75. The van der Waals surface area contributed by atoms with Crippen molar-refractivity contribution < 1.29 is 4.79 Å². The van der Waals surface area contributed by atoms with Crippen LogP contribution in [0.2, 0.25) is 0 Å². The van der Waals surface area contributed by atoms with Crippen LogP contribution in [0.5, 0.6) is 0 Å². The molecule has 0 aliphatic carbocycles. The SMILES string of the molecule is CC(NC(=O)c1cc2cc3ccccc3nc2s1)c1ccccc1. The van der Waals surface area contributed by atoms with Crippen LogP contribution in [-0.4, -0.2) is 10.9 Å². The number of para-hydroxylation sites is 1. The number of hydrogen-bond donors (Lipinski definition) is 1. The first-order valence-electron chi connectivity index (χ1n) is 7.86. The smallest absolute Gasteiger partial charge is 0.261 e. The zero-order chi connectivity index (χ0) is 16.5. The molecule has 0 spiro atoms. The van der Waals surface area contributed by atoms with Gasteiger partial charge in [-0.05, 0) is 30.7 Å². The Bertz CT molecular complexity index is 971. The number of nitrogens with one attached hydrogen (secondary N) is 1. The predicted octanol–water partition coefficient (Wildman–Crippen LogP) is 4.94. The summed E-state index contributed by atoms with van der Waals surface area (Å²) in [4.78, 5) is 18.8. The van der Waals surface area contributed by atoms with Gasteiger partial charge in [-0.25, -0.2) is 4.98 Å². The molecule has 1 atom stereocenters. The van der Waals surface area contributed by atoms with Crippen molar-refractivity contribution in [3.8, 4) is 0 Å². The molecule has 0 bridgehead atoms. The van der Waals surface area contributed by atoms with Gasteiger partial charge in [0.15, 0.2) is 0 Å². The first-order chi connectivity index (χ1) is 11.7. The molecule has 0 aliphatic rings. The molecule has 4 rings (SSSR count). The molecule has 0 saturated heterocycles. The molecule has 118 valence electrons. The van der Waals surface area contributed by atoms with Gasteiger partial charge in [0.25, 0.3) is 5.91 Å². The Morgan fingerprint density at radius 2 is 1.75 bits per heavy atom. The molecule has 1 amide bonds. The van der Waals surface area contributed by atoms with Crippen LogP contribution in [0.3, 0.4) is 0 Å². The Balaban J connectivity index is 1.63. The third-order valence-electron chi connectivity index (χ3n) is 4.08. The number of hydrogen-bond acceptors (Lipinski definition) is 3. The second-order valence-corrected chi connectivity index (χ2v) is 6.82. The molecule has 0 fully saturated rings. The van der Waals surface area contributed by atoms with Crippen LogP contribution in [-0.2, 0) is 0 Å². The van der Waals surface area contributed by atoms with Crippen molar-refractivity contribution >= 4 is 38.4 Å². The number of thiophene rings is 1. The minimum absolute atomic E-state index is 0.0315. The summed E-state index contributed by atoms with van der Waals surface area (Å²) in [6, 6.07) is 22.0. The van der Waals surface area contributed by atoms with Crippen LogP contribution in [0.25, 0.3) is 21.1 Å². The van der Waals surface area contributed by atoms with Crippen LogP contribution in [0.15, 0.2) is 66.7 Å². The topological polar surface area (TPSA) is 42.0 Å². The number of pyridine rings is 1. The summed E-state index contributed by atoms with van der Waals surface area (Å²) in [5, 5.41) is 5.16. The number of fused-ring (bicyclic) bond motifs is 2. The highest BCUT2D eigenvalue weighted by molar-refractivity contribution is 7.20. The third-order valence-corrected chi connectivity index (χ3v) is 5.12. The van der Waals surface area contributed by atoms with Crippen molar-refractivity contribution in [2.24, 2.45) is 0 Å². The Morgan fingerprint density at radius 1 is 1.00 bits per heavy atom. The van der Waals surface area contributed by atoms with Gasteiger partial charge in [0.05, 0.1) is 16.4 Å². The maximum atomic E-state index is 12.6. The summed E-state index contributed by atoms with van der Waals surface area (Å²) in [5.74, 6) is -0.0570. The van der Waals surface area contributed by atoms with Gasteiger partial charge in [-0.2, -0.15) is 0 Å². The molecule has 0 radical (unpaired) electrons. The molecule has 2 aromatic heterocycles. The minimum atomic E-state index is -0.0570. The third kappa shape index (κ3) is 2.76. The highest BCUT2D eigenvalue weighted by Crippen LogP contribution is 2.27. The molecule has 4 heteroatoms. The number of aromatic nitrogens is 1. The molecular formula is C20H16N2OS. The average Bonchev–Trinajstić information content (AvgIpc) is 3.03. The standard InChI is InChI=1S/C20H16N2OS/c1-13(14-7-3-2-4-8-14)21-19(23)18-12-16-11-15-9-5-6-10-17(15)22-20(16)24-18/h2-13H,1H3,(H,21,23). The zero-order valence-electron chi connectivity index (χ0n) is 13.2. The van der Waals surface area contributed by atoms with Gasteiger partial charge in [-0.15, -0.1) is 11.3 Å². The average molecular weight is 332 g/mol. The monoisotopic (exact) mass is 332 g/mol. The largest absolute Gasteiger partial charge is 0.345 e. The van der Waals surface area contributed by atoms with Crippen LogP contribution in [0.1, 0.15) is 28.2 Å². The quantitative estimate of drug-likeness (QED) is 0.577. The van der Waals surface area contributed by atoms with E-state index in [-0.39, 0.29) is 11.9 Å². The molecule has 1 unspecified atom stereocenters. The highest BCUT2D eigenvalue weighted by atomic mass is 32.1. The molecule has 0 aliphatic heterocycles. The first kappa shape index (κ1) is 14.8. The Morgan fingerprint density at radius 3 is 2.58 bits per heavy atom. The molecule has 2 aromatic carbocycles. The van der Waals surface area contributed by atoms with Gasteiger partial charge in [-0.1, -0.05) is 48.5 Å². The highest BCUT2D eigenvalue weighted by Gasteiger charge is 2.15. The van der Waals surface area contributed by atoms with Crippen LogP contribution < -0.4 is 5.32 Å².